The summed E-state index contributed by atoms with van der Waals surface area (Å²) in [6.07, 6.45) is 1.57. The second kappa shape index (κ2) is 6.18. The number of hydrogen-bond acceptors (Lipinski definition) is 3. The minimum Gasteiger partial charge on any atom is -0.493 e. The maximum atomic E-state index is 13.0. The topological polar surface area (TPSA) is 30.8 Å². The number of aliphatic imine (C=N–C) groups is 1. The number of benzene rings is 2. The molecule has 3 rings (SSSR count). The van der Waals surface area contributed by atoms with Gasteiger partial charge >= 0.3 is 0 Å². The minimum atomic E-state index is -0.221. The summed E-state index contributed by atoms with van der Waals surface area (Å²) in [5, 5.41) is 0. The molecule has 4 heteroatoms. The van der Waals surface area contributed by atoms with Crippen molar-refractivity contribution in [3.63, 3.8) is 0 Å². The van der Waals surface area contributed by atoms with Gasteiger partial charge in [0.15, 0.2) is 11.5 Å². The fraction of sp³-hybridized carbons (Fsp3) is 0.278. The molecule has 0 bridgehead atoms. The van der Waals surface area contributed by atoms with E-state index in [9.17, 15) is 4.39 Å². The van der Waals surface area contributed by atoms with Crippen molar-refractivity contribution in [3.05, 3.63) is 58.9 Å². The molecule has 0 N–H and O–H groups in total. The molecule has 0 aromatic heterocycles. The highest BCUT2D eigenvalue weighted by molar-refractivity contribution is 6.04. The number of fused-ring (bicyclic) bond motifs is 1. The van der Waals surface area contributed by atoms with Crippen molar-refractivity contribution in [3.8, 4) is 11.5 Å². The molecule has 0 unspecified atom stereocenters. The Bertz CT molecular complexity index is 708. The molecule has 0 fully saturated rings. The van der Waals surface area contributed by atoms with Crippen molar-refractivity contribution >= 4 is 5.71 Å². The molecule has 0 atom stereocenters. The lowest BCUT2D eigenvalue weighted by Crippen LogP contribution is -2.16. The number of hydrogen-bond donors (Lipinski definition) is 0. The Morgan fingerprint density at radius 1 is 1.05 bits per heavy atom. The molecule has 22 heavy (non-hydrogen) atoms. The third-order valence-corrected chi connectivity index (χ3v) is 3.89. The molecule has 0 spiro atoms. The lowest BCUT2D eigenvalue weighted by atomic mass is 9.93. The molecule has 2 aromatic rings. The third-order valence-electron chi connectivity index (χ3n) is 3.89. The van der Waals surface area contributed by atoms with E-state index >= 15 is 0 Å². The molecule has 1 heterocycles. The molecule has 1 aliphatic rings. The van der Waals surface area contributed by atoms with Crippen LogP contribution in [0, 0.1) is 5.82 Å². The van der Waals surface area contributed by atoms with Gasteiger partial charge in [0, 0.05) is 24.2 Å². The first kappa shape index (κ1) is 14.6. The molecule has 3 nitrogen and oxygen atoms in total. The van der Waals surface area contributed by atoms with Crippen LogP contribution in [0.5, 0.6) is 11.5 Å². The Morgan fingerprint density at radius 2 is 1.73 bits per heavy atom. The highest BCUT2D eigenvalue weighted by atomic mass is 19.1. The molecule has 0 amide bonds. The highest BCUT2D eigenvalue weighted by Gasteiger charge is 2.18. The second-order valence-corrected chi connectivity index (χ2v) is 5.25. The molecule has 2 aromatic carbocycles. The van der Waals surface area contributed by atoms with Crippen LogP contribution >= 0.6 is 0 Å². The molecular formula is C18H18FNO2. The standard InChI is InChI=1S/C18H18FNO2/c1-21-17-10-13-7-8-20-16(15(13)11-18(17)22-2)9-12-3-5-14(19)6-4-12/h3-6,10-11H,7-9H2,1-2H3. The van der Waals surface area contributed by atoms with E-state index < -0.39 is 0 Å². The Balaban J connectivity index is 1.95. The van der Waals surface area contributed by atoms with Crippen molar-refractivity contribution < 1.29 is 13.9 Å². The predicted octanol–water partition coefficient (Wildman–Crippen LogP) is 3.43. The van der Waals surface area contributed by atoms with Crippen LogP contribution in [0.25, 0.3) is 0 Å². The fourth-order valence-corrected chi connectivity index (χ4v) is 2.74. The zero-order valence-corrected chi connectivity index (χ0v) is 12.7. The Labute approximate surface area is 129 Å². The molecular weight excluding hydrogens is 281 g/mol. The van der Waals surface area contributed by atoms with Crippen LogP contribution in [0.1, 0.15) is 16.7 Å². The van der Waals surface area contributed by atoms with E-state index in [4.69, 9.17) is 9.47 Å². The first-order valence-electron chi connectivity index (χ1n) is 7.24. The molecule has 1 aliphatic heterocycles. The summed E-state index contributed by atoms with van der Waals surface area (Å²) >= 11 is 0. The van der Waals surface area contributed by atoms with E-state index in [1.165, 1.54) is 17.7 Å². The first-order chi connectivity index (χ1) is 10.7. The lowest BCUT2D eigenvalue weighted by molar-refractivity contribution is 0.354. The van der Waals surface area contributed by atoms with Crippen molar-refractivity contribution in [1.29, 1.82) is 0 Å². The molecule has 114 valence electrons. The van der Waals surface area contributed by atoms with Gasteiger partial charge in [-0.05, 0) is 41.8 Å². The quantitative estimate of drug-likeness (QED) is 0.866. The minimum absolute atomic E-state index is 0.221. The van der Waals surface area contributed by atoms with Gasteiger partial charge in [0.1, 0.15) is 5.82 Å². The van der Waals surface area contributed by atoms with E-state index in [-0.39, 0.29) is 5.82 Å². The van der Waals surface area contributed by atoms with E-state index in [1.807, 2.05) is 12.1 Å². The summed E-state index contributed by atoms with van der Waals surface area (Å²) in [5.74, 6) is 1.22. The van der Waals surface area contributed by atoms with Gasteiger partial charge in [0.2, 0.25) is 0 Å². The van der Waals surface area contributed by atoms with E-state index in [0.29, 0.717) is 12.2 Å². The van der Waals surface area contributed by atoms with Crippen molar-refractivity contribution in [1.82, 2.24) is 0 Å². The fourth-order valence-electron chi connectivity index (χ4n) is 2.74. The zero-order chi connectivity index (χ0) is 15.5. The Hall–Kier alpha value is -2.36. The van der Waals surface area contributed by atoms with Gasteiger partial charge in [0.05, 0.1) is 14.2 Å². The smallest absolute Gasteiger partial charge is 0.161 e. The maximum absolute atomic E-state index is 13.0. The number of halogens is 1. The maximum Gasteiger partial charge on any atom is 0.161 e. The van der Waals surface area contributed by atoms with Gasteiger partial charge in [0.25, 0.3) is 0 Å². The molecule has 0 saturated carbocycles. The first-order valence-corrected chi connectivity index (χ1v) is 7.24. The highest BCUT2D eigenvalue weighted by Crippen LogP contribution is 2.33. The molecule has 0 saturated heterocycles. The summed E-state index contributed by atoms with van der Waals surface area (Å²) in [5.41, 5.74) is 4.36. The average molecular weight is 299 g/mol. The van der Waals surface area contributed by atoms with Gasteiger partial charge in [-0.3, -0.25) is 4.99 Å². The third kappa shape index (κ3) is 2.82. The number of rotatable bonds is 4. The van der Waals surface area contributed by atoms with Crippen LogP contribution in [0.15, 0.2) is 41.4 Å². The second-order valence-electron chi connectivity index (χ2n) is 5.25. The van der Waals surface area contributed by atoms with E-state index in [1.54, 1.807) is 26.4 Å². The van der Waals surface area contributed by atoms with Crippen LogP contribution in [-0.4, -0.2) is 26.5 Å². The van der Waals surface area contributed by atoms with Crippen LogP contribution in [0.3, 0.4) is 0 Å². The summed E-state index contributed by atoms with van der Waals surface area (Å²) < 4.78 is 23.8. The van der Waals surface area contributed by atoms with Crippen molar-refractivity contribution in [2.45, 2.75) is 12.8 Å². The largest absolute Gasteiger partial charge is 0.493 e. The van der Waals surface area contributed by atoms with Crippen molar-refractivity contribution in [2.24, 2.45) is 4.99 Å². The lowest BCUT2D eigenvalue weighted by Gasteiger charge is -2.20. The monoisotopic (exact) mass is 299 g/mol. The Morgan fingerprint density at radius 3 is 2.41 bits per heavy atom. The Kier molecular flexibility index (Phi) is 4.09. The van der Waals surface area contributed by atoms with Crippen LogP contribution < -0.4 is 9.47 Å². The number of nitrogens with zero attached hydrogens (tertiary/aromatic N) is 1. The molecule has 0 radical (unpaired) electrons. The number of methoxy groups -OCH3 is 2. The van der Waals surface area contributed by atoms with Gasteiger partial charge in [-0.15, -0.1) is 0 Å². The SMILES string of the molecule is COc1cc2c(cc1OC)C(Cc1ccc(F)cc1)=NCC2. The summed E-state index contributed by atoms with van der Waals surface area (Å²) in [4.78, 5) is 4.65. The zero-order valence-electron chi connectivity index (χ0n) is 12.7. The molecule has 0 aliphatic carbocycles. The van der Waals surface area contributed by atoms with Crippen LogP contribution in [-0.2, 0) is 12.8 Å². The normalized spacial score (nSPS) is 13.3. The van der Waals surface area contributed by atoms with Gasteiger partial charge in [-0.2, -0.15) is 0 Å². The van der Waals surface area contributed by atoms with Crippen LogP contribution in [0.4, 0.5) is 4.39 Å². The average Bonchev–Trinajstić information content (AvgIpc) is 2.56. The van der Waals surface area contributed by atoms with Gasteiger partial charge in [-0.1, -0.05) is 12.1 Å². The van der Waals surface area contributed by atoms with Gasteiger partial charge < -0.3 is 9.47 Å². The van der Waals surface area contributed by atoms with Crippen molar-refractivity contribution in [2.75, 3.05) is 20.8 Å². The summed E-state index contributed by atoms with van der Waals surface area (Å²) in [6.45, 7) is 0.763. The van der Waals surface area contributed by atoms with Crippen LogP contribution in [0.2, 0.25) is 0 Å². The summed E-state index contributed by atoms with van der Waals surface area (Å²) in [6, 6.07) is 10.6. The summed E-state index contributed by atoms with van der Waals surface area (Å²) in [7, 11) is 3.27. The predicted molar refractivity (Wildman–Crippen MR) is 84.8 cm³/mol. The van der Waals surface area contributed by atoms with E-state index in [2.05, 4.69) is 4.99 Å². The van der Waals surface area contributed by atoms with E-state index in [0.717, 1.165) is 35.6 Å². The number of ether oxygens (including phenoxy) is 2. The van der Waals surface area contributed by atoms with Gasteiger partial charge in [-0.25, -0.2) is 4.39 Å².